The molecular weight excluding hydrogens is 358 g/mol. The number of hydrogen-bond donors (Lipinski definition) is 2. The number of rotatable bonds is 5. The number of aromatic nitrogens is 3. The first kappa shape index (κ1) is 19.9. The van der Waals surface area contributed by atoms with Crippen LogP contribution in [0.3, 0.4) is 0 Å². The number of piperidine rings is 1. The number of anilines is 1. The van der Waals surface area contributed by atoms with Gasteiger partial charge in [0.15, 0.2) is 5.13 Å². The Morgan fingerprint density at radius 3 is 2.76 bits per heavy atom. The van der Waals surface area contributed by atoms with Gasteiger partial charge in [-0.2, -0.15) is 5.10 Å². The average Bonchev–Trinajstić information content (AvgIpc) is 3.12. The lowest BCUT2D eigenvalue weighted by molar-refractivity contribution is -0.116. The normalized spacial score (nSPS) is 15.0. The van der Waals surface area contributed by atoms with E-state index in [-0.39, 0.29) is 18.3 Å². The Morgan fingerprint density at radius 2 is 2.12 bits per heavy atom. The fourth-order valence-corrected chi connectivity index (χ4v) is 4.24. The molecule has 25 heavy (non-hydrogen) atoms. The van der Waals surface area contributed by atoms with E-state index in [2.05, 4.69) is 20.7 Å². The molecule has 1 fully saturated rings. The van der Waals surface area contributed by atoms with Crippen LogP contribution in [-0.2, 0) is 18.3 Å². The van der Waals surface area contributed by atoms with Gasteiger partial charge in [-0.3, -0.25) is 9.48 Å². The zero-order valence-electron chi connectivity index (χ0n) is 15.0. The molecule has 2 N–H and O–H groups in total. The van der Waals surface area contributed by atoms with E-state index in [1.165, 1.54) is 10.4 Å². The largest absolute Gasteiger partial charge is 0.317 e. The summed E-state index contributed by atoms with van der Waals surface area (Å²) < 4.78 is 1.87. The van der Waals surface area contributed by atoms with E-state index in [1.54, 1.807) is 11.3 Å². The van der Waals surface area contributed by atoms with Gasteiger partial charge in [-0.05, 0) is 57.7 Å². The molecule has 2 aromatic heterocycles. The maximum absolute atomic E-state index is 12.2. The Morgan fingerprint density at radius 1 is 1.40 bits per heavy atom. The number of carbonyl (C=O) groups is 1. The molecule has 0 radical (unpaired) electrons. The Hall–Kier alpha value is -1.44. The molecule has 8 heteroatoms. The van der Waals surface area contributed by atoms with Gasteiger partial charge in [0.25, 0.3) is 0 Å². The van der Waals surface area contributed by atoms with Crippen molar-refractivity contribution >= 4 is 34.8 Å². The van der Waals surface area contributed by atoms with Crippen LogP contribution in [0.25, 0.3) is 0 Å². The van der Waals surface area contributed by atoms with Gasteiger partial charge in [0.1, 0.15) is 0 Å². The van der Waals surface area contributed by atoms with Gasteiger partial charge in [-0.1, -0.05) is 0 Å². The van der Waals surface area contributed by atoms with Crippen LogP contribution < -0.4 is 10.6 Å². The van der Waals surface area contributed by atoms with Crippen LogP contribution in [0, 0.1) is 13.8 Å². The van der Waals surface area contributed by atoms with Crippen LogP contribution in [0.1, 0.15) is 47.0 Å². The molecule has 0 aromatic carbocycles. The highest BCUT2D eigenvalue weighted by molar-refractivity contribution is 7.15. The molecule has 0 saturated carbocycles. The zero-order chi connectivity index (χ0) is 17.1. The van der Waals surface area contributed by atoms with E-state index in [9.17, 15) is 4.79 Å². The second kappa shape index (κ2) is 8.78. The van der Waals surface area contributed by atoms with Crippen molar-refractivity contribution in [1.82, 2.24) is 20.1 Å². The molecule has 1 aliphatic rings. The van der Waals surface area contributed by atoms with Crippen molar-refractivity contribution in [2.75, 3.05) is 18.4 Å². The number of thiazole rings is 1. The Kier molecular flexibility index (Phi) is 6.98. The molecule has 3 rings (SSSR count). The summed E-state index contributed by atoms with van der Waals surface area (Å²) in [6.07, 6.45) is 5.38. The van der Waals surface area contributed by atoms with Crippen LogP contribution in [0.2, 0.25) is 0 Å². The van der Waals surface area contributed by atoms with Crippen LogP contribution in [0.4, 0.5) is 5.13 Å². The van der Waals surface area contributed by atoms with Crippen molar-refractivity contribution in [3.05, 3.63) is 28.0 Å². The maximum Gasteiger partial charge on any atom is 0.226 e. The van der Waals surface area contributed by atoms with Crippen LogP contribution >= 0.6 is 23.7 Å². The molecule has 1 saturated heterocycles. The summed E-state index contributed by atoms with van der Waals surface area (Å²) in [7, 11) is 1.93. The smallest absolute Gasteiger partial charge is 0.226 e. The van der Waals surface area contributed by atoms with Crippen molar-refractivity contribution in [1.29, 1.82) is 0 Å². The lowest BCUT2D eigenvalue weighted by Gasteiger charge is -2.20. The molecule has 0 atom stereocenters. The van der Waals surface area contributed by atoms with E-state index in [0.29, 0.717) is 23.9 Å². The molecule has 1 aliphatic heterocycles. The minimum absolute atomic E-state index is 0. The molecule has 0 bridgehead atoms. The number of amides is 1. The molecule has 1 amide bonds. The van der Waals surface area contributed by atoms with Gasteiger partial charge >= 0.3 is 0 Å². The SMILES string of the molecule is Cc1nn(C)c(C)c1CCC(=O)Nc1ncc(C2CCNCC2)s1.Cl. The first-order chi connectivity index (χ1) is 11.5. The van der Waals surface area contributed by atoms with Gasteiger partial charge in [0, 0.05) is 30.2 Å². The third-order valence-electron chi connectivity index (χ3n) is 4.77. The van der Waals surface area contributed by atoms with E-state index in [0.717, 1.165) is 37.3 Å². The summed E-state index contributed by atoms with van der Waals surface area (Å²) in [5, 5.41) is 11.4. The Labute approximate surface area is 158 Å². The second-order valence-electron chi connectivity index (χ2n) is 6.41. The van der Waals surface area contributed by atoms with E-state index in [4.69, 9.17) is 0 Å². The highest BCUT2D eigenvalue weighted by Gasteiger charge is 2.18. The number of nitrogens with one attached hydrogen (secondary N) is 2. The summed E-state index contributed by atoms with van der Waals surface area (Å²) in [5.41, 5.74) is 3.30. The summed E-state index contributed by atoms with van der Waals surface area (Å²) in [4.78, 5) is 17.9. The maximum atomic E-state index is 12.2. The molecule has 138 valence electrons. The van der Waals surface area contributed by atoms with Crippen molar-refractivity contribution in [2.24, 2.45) is 7.05 Å². The van der Waals surface area contributed by atoms with Gasteiger partial charge < -0.3 is 10.6 Å². The highest BCUT2D eigenvalue weighted by atomic mass is 35.5. The van der Waals surface area contributed by atoms with E-state index in [1.807, 2.05) is 31.8 Å². The summed E-state index contributed by atoms with van der Waals surface area (Å²) in [5.74, 6) is 0.596. The van der Waals surface area contributed by atoms with Gasteiger partial charge in [-0.25, -0.2) is 4.98 Å². The van der Waals surface area contributed by atoms with E-state index >= 15 is 0 Å². The van der Waals surface area contributed by atoms with Crippen molar-refractivity contribution < 1.29 is 4.79 Å². The molecule has 0 spiro atoms. The molecule has 3 heterocycles. The van der Waals surface area contributed by atoms with Gasteiger partial charge in [0.05, 0.1) is 5.69 Å². The van der Waals surface area contributed by atoms with Crippen LogP contribution in [0.15, 0.2) is 6.20 Å². The number of halogens is 1. The Balaban J connectivity index is 0.00000225. The standard InChI is InChI=1S/C17H25N5OS.ClH/c1-11-14(12(2)22(3)21-11)4-5-16(23)20-17-19-10-15(24-17)13-6-8-18-9-7-13;/h10,13,18H,4-9H2,1-3H3,(H,19,20,23);1H. The number of hydrogen-bond acceptors (Lipinski definition) is 5. The predicted octanol–water partition coefficient (Wildman–Crippen LogP) is 2.95. The zero-order valence-corrected chi connectivity index (χ0v) is 16.6. The molecular formula is C17H26ClN5OS. The quantitative estimate of drug-likeness (QED) is 0.832. The Bertz CT molecular complexity index is 721. The lowest BCUT2D eigenvalue weighted by Crippen LogP contribution is -2.26. The average molecular weight is 384 g/mol. The lowest BCUT2D eigenvalue weighted by atomic mass is 9.97. The van der Waals surface area contributed by atoms with Gasteiger partial charge in [0.2, 0.25) is 5.91 Å². The molecule has 0 unspecified atom stereocenters. The van der Waals surface area contributed by atoms with Crippen molar-refractivity contribution in [3.63, 3.8) is 0 Å². The predicted molar refractivity (Wildman–Crippen MR) is 104 cm³/mol. The third kappa shape index (κ3) is 4.80. The summed E-state index contributed by atoms with van der Waals surface area (Å²) in [6, 6.07) is 0. The first-order valence-electron chi connectivity index (χ1n) is 8.50. The van der Waals surface area contributed by atoms with E-state index < -0.39 is 0 Å². The number of nitrogens with zero attached hydrogens (tertiary/aromatic N) is 3. The summed E-state index contributed by atoms with van der Waals surface area (Å²) >= 11 is 1.61. The number of aryl methyl sites for hydroxylation is 2. The fourth-order valence-electron chi connectivity index (χ4n) is 3.24. The summed E-state index contributed by atoms with van der Waals surface area (Å²) in [6.45, 7) is 6.16. The molecule has 6 nitrogen and oxygen atoms in total. The fraction of sp³-hybridized carbons (Fsp3) is 0.588. The highest BCUT2D eigenvalue weighted by Crippen LogP contribution is 2.31. The van der Waals surface area contributed by atoms with Crippen molar-refractivity contribution in [2.45, 2.75) is 45.4 Å². The number of carbonyl (C=O) groups excluding carboxylic acids is 1. The minimum Gasteiger partial charge on any atom is -0.317 e. The third-order valence-corrected chi connectivity index (χ3v) is 5.85. The van der Waals surface area contributed by atoms with Gasteiger partial charge in [-0.15, -0.1) is 23.7 Å². The monoisotopic (exact) mass is 383 g/mol. The van der Waals surface area contributed by atoms with Crippen molar-refractivity contribution in [3.8, 4) is 0 Å². The van der Waals surface area contributed by atoms with Crippen LogP contribution in [0.5, 0.6) is 0 Å². The molecule has 2 aromatic rings. The first-order valence-corrected chi connectivity index (χ1v) is 9.31. The second-order valence-corrected chi connectivity index (χ2v) is 7.48. The molecule has 0 aliphatic carbocycles. The van der Waals surface area contributed by atoms with Crippen LogP contribution in [-0.4, -0.2) is 33.8 Å². The topological polar surface area (TPSA) is 71.8 Å². The minimum atomic E-state index is 0.